The summed E-state index contributed by atoms with van der Waals surface area (Å²) in [5, 5.41) is 24.3. The van der Waals surface area contributed by atoms with Crippen LogP contribution < -0.4 is 10.9 Å². The fourth-order valence-electron chi connectivity index (χ4n) is 2.93. The second kappa shape index (κ2) is 10.2. The fourth-order valence-corrected chi connectivity index (χ4v) is 2.93. The van der Waals surface area contributed by atoms with E-state index < -0.39 is 6.10 Å². The van der Waals surface area contributed by atoms with Crippen molar-refractivity contribution in [1.82, 2.24) is 10.3 Å². The van der Waals surface area contributed by atoms with E-state index in [-0.39, 0.29) is 11.3 Å². The van der Waals surface area contributed by atoms with Crippen LogP contribution in [0.4, 0.5) is 0 Å². The van der Waals surface area contributed by atoms with Gasteiger partial charge in [-0.05, 0) is 37.1 Å². The molecule has 0 aliphatic rings. The number of rotatable bonds is 11. The Morgan fingerprint density at radius 2 is 1.96 bits per heavy atom. The Kier molecular flexibility index (Phi) is 7.95. The lowest BCUT2D eigenvalue weighted by Crippen LogP contribution is -2.22. The third-order valence-electron chi connectivity index (χ3n) is 4.38. The summed E-state index contributed by atoms with van der Waals surface area (Å²) in [6.07, 6.45) is 8.80. The summed E-state index contributed by atoms with van der Waals surface area (Å²) in [6.45, 7) is 3.52. The second-order valence-electron chi connectivity index (χ2n) is 6.43. The highest BCUT2D eigenvalue weighted by atomic mass is 16.3. The van der Waals surface area contributed by atoms with Crippen LogP contribution in [0.1, 0.15) is 57.1 Å². The zero-order valence-electron chi connectivity index (χ0n) is 14.9. The molecule has 2 aromatic rings. The predicted molar refractivity (Wildman–Crippen MR) is 102 cm³/mol. The summed E-state index contributed by atoms with van der Waals surface area (Å²) >= 11 is 0. The van der Waals surface area contributed by atoms with Crippen molar-refractivity contribution in [1.29, 1.82) is 0 Å². The number of aliphatic hydroxyl groups is 1. The molecule has 0 aliphatic heterocycles. The molecule has 0 saturated heterocycles. The van der Waals surface area contributed by atoms with Crippen LogP contribution in [-0.2, 0) is 0 Å². The largest absolute Gasteiger partial charge is 0.506 e. The van der Waals surface area contributed by atoms with Crippen molar-refractivity contribution < 1.29 is 10.2 Å². The Morgan fingerprint density at radius 3 is 2.76 bits per heavy atom. The molecule has 0 fully saturated rings. The van der Waals surface area contributed by atoms with Crippen LogP contribution in [0.25, 0.3) is 10.9 Å². The van der Waals surface area contributed by atoms with E-state index in [0.717, 1.165) is 25.8 Å². The van der Waals surface area contributed by atoms with E-state index in [9.17, 15) is 15.0 Å². The molecule has 1 aromatic carbocycles. The number of aromatic hydroxyl groups is 1. The summed E-state index contributed by atoms with van der Waals surface area (Å²) in [5.74, 6) is 0.0101. The van der Waals surface area contributed by atoms with Gasteiger partial charge in [0.15, 0.2) is 0 Å². The van der Waals surface area contributed by atoms with Gasteiger partial charge in [0.1, 0.15) is 5.75 Å². The molecule has 137 valence electrons. The molecule has 4 N–H and O–H groups in total. The number of aliphatic hydroxyl groups excluding tert-OH is 1. The molecule has 1 atom stereocenters. The predicted octanol–water partition coefficient (Wildman–Crippen LogP) is 3.42. The number of nitrogens with one attached hydrogen (secondary N) is 2. The summed E-state index contributed by atoms with van der Waals surface area (Å²) in [5.41, 5.74) is 0.791. The van der Waals surface area contributed by atoms with Crippen molar-refractivity contribution in [2.24, 2.45) is 0 Å². The van der Waals surface area contributed by atoms with Gasteiger partial charge in [-0.15, -0.1) is 0 Å². The number of fused-ring (bicyclic) bond motifs is 1. The van der Waals surface area contributed by atoms with Gasteiger partial charge < -0.3 is 20.5 Å². The van der Waals surface area contributed by atoms with E-state index in [4.69, 9.17) is 0 Å². The van der Waals surface area contributed by atoms with Crippen molar-refractivity contribution in [2.45, 2.75) is 51.6 Å². The number of phenols is 1. The minimum Gasteiger partial charge on any atom is -0.506 e. The first-order valence-corrected chi connectivity index (χ1v) is 9.18. The SMILES string of the molecule is CCCC[CH]CCCCNC[C@H](O)c1ccc(O)c2[nH]c(=O)ccc12. The van der Waals surface area contributed by atoms with Crippen LogP contribution in [0.5, 0.6) is 5.75 Å². The average molecular weight is 345 g/mol. The molecule has 5 heteroatoms. The Balaban J connectivity index is 1.80. The summed E-state index contributed by atoms with van der Waals surface area (Å²) in [6, 6.07) is 6.24. The summed E-state index contributed by atoms with van der Waals surface area (Å²) in [7, 11) is 0. The molecule has 0 aliphatic carbocycles. The Bertz CT molecular complexity index is 712. The smallest absolute Gasteiger partial charge is 0.248 e. The van der Waals surface area contributed by atoms with E-state index in [1.807, 2.05) is 0 Å². The van der Waals surface area contributed by atoms with E-state index in [1.54, 1.807) is 12.1 Å². The topological polar surface area (TPSA) is 85.3 Å². The first kappa shape index (κ1) is 19.5. The molecule has 0 spiro atoms. The van der Waals surface area contributed by atoms with Crippen LogP contribution in [-0.4, -0.2) is 28.3 Å². The highest BCUT2D eigenvalue weighted by molar-refractivity contribution is 5.87. The van der Waals surface area contributed by atoms with E-state index >= 15 is 0 Å². The van der Waals surface area contributed by atoms with Crippen molar-refractivity contribution in [3.63, 3.8) is 0 Å². The number of aromatic amines is 1. The van der Waals surface area contributed by atoms with Gasteiger partial charge >= 0.3 is 0 Å². The van der Waals surface area contributed by atoms with Crippen molar-refractivity contribution in [2.75, 3.05) is 13.1 Å². The number of benzene rings is 1. The number of hydrogen-bond donors (Lipinski definition) is 4. The number of phenolic OH excluding ortho intramolecular Hbond substituents is 1. The first-order valence-electron chi connectivity index (χ1n) is 9.18. The molecule has 5 nitrogen and oxygen atoms in total. The fraction of sp³-hybridized carbons (Fsp3) is 0.500. The van der Waals surface area contributed by atoms with Crippen molar-refractivity contribution in [3.05, 3.63) is 46.6 Å². The monoisotopic (exact) mass is 345 g/mol. The quantitative estimate of drug-likeness (QED) is 0.470. The molecule has 25 heavy (non-hydrogen) atoms. The molecule has 0 saturated carbocycles. The minimum absolute atomic E-state index is 0.0101. The number of H-pyrrole nitrogens is 1. The van der Waals surface area contributed by atoms with Crippen LogP contribution in [0, 0.1) is 6.42 Å². The minimum atomic E-state index is -0.690. The number of pyridine rings is 1. The molecule has 0 unspecified atom stereocenters. The lowest BCUT2D eigenvalue weighted by atomic mass is 10.0. The second-order valence-corrected chi connectivity index (χ2v) is 6.43. The standard InChI is InChI=1S/C20H29N2O3/c1-2-3-4-5-6-7-8-13-21-14-18(24)15-9-11-17(23)20-16(15)10-12-19(25)22-20/h5,9-12,18,21,23-24H,2-4,6-8,13-14H2,1H3,(H,22,25)/t18-/m0/s1. The van der Waals surface area contributed by atoms with Gasteiger partial charge in [-0.1, -0.05) is 45.1 Å². The van der Waals surface area contributed by atoms with Crippen molar-refractivity contribution in [3.8, 4) is 5.75 Å². The maximum Gasteiger partial charge on any atom is 0.248 e. The third-order valence-corrected chi connectivity index (χ3v) is 4.38. The Hall–Kier alpha value is -1.85. The third kappa shape index (κ3) is 5.87. The Labute approximate surface area is 149 Å². The van der Waals surface area contributed by atoms with E-state index in [1.165, 1.54) is 31.4 Å². The van der Waals surface area contributed by atoms with Gasteiger partial charge in [-0.3, -0.25) is 4.79 Å². The number of hydrogen-bond acceptors (Lipinski definition) is 4. The lowest BCUT2D eigenvalue weighted by molar-refractivity contribution is 0.176. The van der Waals surface area contributed by atoms with Crippen molar-refractivity contribution >= 4 is 10.9 Å². The lowest BCUT2D eigenvalue weighted by Gasteiger charge is -2.15. The van der Waals surface area contributed by atoms with Gasteiger partial charge in [0.25, 0.3) is 0 Å². The molecule has 2 rings (SSSR count). The van der Waals surface area contributed by atoms with Crippen LogP contribution in [0.3, 0.4) is 0 Å². The number of unbranched alkanes of at least 4 members (excludes halogenated alkanes) is 6. The Morgan fingerprint density at radius 1 is 1.16 bits per heavy atom. The zero-order valence-corrected chi connectivity index (χ0v) is 14.9. The van der Waals surface area contributed by atoms with Crippen LogP contribution in [0.15, 0.2) is 29.1 Å². The van der Waals surface area contributed by atoms with E-state index in [0.29, 0.717) is 23.0 Å². The summed E-state index contributed by atoms with van der Waals surface area (Å²) in [4.78, 5) is 14.0. The highest BCUT2D eigenvalue weighted by Gasteiger charge is 2.13. The van der Waals surface area contributed by atoms with E-state index in [2.05, 4.69) is 23.6 Å². The normalized spacial score (nSPS) is 12.6. The van der Waals surface area contributed by atoms with Crippen LogP contribution in [0.2, 0.25) is 0 Å². The maximum atomic E-state index is 11.4. The first-order chi connectivity index (χ1) is 12.1. The number of aromatic nitrogens is 1. The zero-order chi connectivity index (χ0) is 18.1. The maximum absolute atomic E-state index is 11.4. The molecular formula is C20H29N2O3. The molecular weight excluding hydrogens is 316 g/mol. The van der Waals surface area contributed by atoms with Crippen LogP contribution >= 0.6 is 0 Å². The average Bonchev–Trinajstić information content (AvgIpc) is 2.61. The molecule has 0 amide bonds. The molecule has 1 radical (unpaired) electrons. The van der Waals surface area contributed by atoms with Gasteiger partial charge in [-0.25, -0.2) is 0 Å². The van der Waals surface area contributed by atoms with Gasteiger partial charge in [0.2, 0.25) is 5.56 Å². The highest BCUT2D eigenvalue weighted by Crippen LogP contribution is 2.28. The van der Waals surface area contributed by atoms with Gasteiger partial charge in [-0.2, -0.15) is 0 Å². The van der Waals surface area contributed by atoms with Gasteiger partial charge in [0, 0.05) is 18.0 Å². The summed E-state index contributed by atoms with van der Waals surface area (Å²) < 4.78 is 0. The molecule has 1 heterocycles. The molecule has 0 bridgehead atoms. The molecule has 1 aromatic heterocycles. The van der Waals surface area contributed by atoms with Gasteiger partial charge in [0.05, 0.1) is 11.6 Å².